The van der Waals surface area contributed by atoms with Crippen LogP contribution in [0.3, 0.4) is 0 Å². The maximum atomic E-state index is 12.2. The lowest BCUT2D eigenvalue weighted by Crippen LogP contribution is -2.52. The van der Waals surface area contributed by atoms with Gasteiger partial charge in [0, 0.05) is 39.3 Å². The summed E-state index contributed by atoms with van der Waals surface area (Å²) in [6.07, 6.45) is 1.36. The quantitative estimate of drug-likeness (QED) is 0.413. The maximum absolute atomic E-state index is 12.2. The Morgan fingerprint density at radius 1 is 1.45 bits per heavy atom. The molecular formula is C10H18IN5O3S. The molecule has 0 unspecified atom stereocenters. The van der Waals surface area contributed by atoms with Crippen LogP contribution in [0.25, 0.3) is 0 Å². The van der Waals surface area contributed by atoms with E-state index in [9.17, 15) is 8.42 Å². The lowest BCUT2D eigenvalue weighted by molar-refractivity contribution is 0.263. The molecule has 2 N–H and O–H groups in total. The Morgan fingerprint density at radius 2 is 2.10 bits per heavy atom. The average molecular weight is 415 g/mol. The number of sulfonamides is 1. The molecule has 0 aromatic carbocycles. The number of hydrogen-bond donors (Lipinski definition) is 1. The summed E-state index contributed by atoms with van der Waals surface area (Å²) in [4.78, 5) is 5.75. The number of nitrogens with zero attached hydrogens (tertiary/aromatic N) is 4. The molecule has 0 radical (unpaired) electrons. The van der Waals surface area contributed by atoms with Gasteiger partial charge < -0.3 is 15.2 Å². The van der Waals surface area contributed by atoms with Gasteiger partial charge >= 0.3 is 0 Å². The fraction of sp³-hybridized carbons (Fsp3) is 0.600. The Hall–Kier alpha value is -0.880. The van der Waals surface area contributed by atoms with Crippen LogP contribution in [0.5, 0.6) is 0 Å². The minimum Gasteiger partial charge on any atom is -0.370 e. The van der Waals surface area contributed by atoms with Crippen molar-refractivity contribution in [3.05, 3.63) is 18.0 Å². The van der Waals surface area contributed by atoms with Crippen LogP contribution < -0.4 is 5.73 Å². The highest BCUT2D eigenvalue weighted by molar-refractivity contribution is 14.0. The summed E-state index contributed by atoms with van der Waals surface area (Å²) in [6.45, 7) is 1.88. The number of guanidine groups is 1. The maximum Gasteiger partial charge on any atom is 0.220 e. The van der Waals surface area contributed by atoms with E-state index in [1.807, 2.05) is 4.90 Å². The van der Waals surface area contributed by atoms with E-state index < -0.39 is 10.0 Å². The van der Waals surface area contributed by atoms with E-state index in [0.29, 0.717) is 37.8 Å². The molecule has 0 aliphatic carbocycles. The molecule has 0 atom stereocenters. The Labute approximate surface area is 135 Å². The van der Waals surface area contributed by atoms with Gasteiger partial charge in [-0.1, -0.05) is 5.16 Å². The second-order valence-electron chi connectivity index (χ2n) is 4.21. The largest absolute Gasteiger partial charge is 0.370 e. The Morgan fingerprint density at radius 3 is 2.60 bits per heavy atom. The summed E-state index contributed by atoms with van der Waals surface area (Å²) in [5.74, 6) is 0.300. The molecule has 0 saturated carbocycles. The van der Waals surface area contributed by atoms with Crippen LogP contribution in [0.4, 0.5) is 0 Å². The fourth-order valence-electron chi connectivity index (χ4n) is 1.93. The first kappa shape index (κ1) is 17.2. The van der Waals surface area contributed by atoms with Gasteiger partial charge in [0.15, 0.2) is 5.96 Å². The average Bonchev–Trinajstić information content (AvgIpc) is 2.90. The van der Waals surface area contributed by atoms with Gasteiger partial charge in [-0.05, 0) is 0 Å². The standard InChI is InChI=1S/C10H17N5O3S.HI/c1-12-10(11)14-3-5-15(6-4-14)19(16,17)8-9-2-7-18-13-9;/h2,7H,3-6,8H2,1H3,(H2,11,12);1H. The highest BCUT2D eigenvalue weighted by Gasteiger charge is 2.28. The van der Waals surface area contributed by atoms with Crippen LogP contribution in [-0.4, -0.2) is 62.0 Å². The summed E-state index contributed by atoms with van der Waals surface area (Å²) in [7, 11) is -1.74. The molecule has 2 rings (SSSR count). The van der Waals surface area contributed by atoms with E-state index >= 15 is 0 Å². The smallest absolute Gasteiger partial charge is 0.220 e. The van der Waals surface area contributed by atoms with E-state index in [2.05, 4.69) is 14.7 Å². The summed E-state index contributed by atoms with van der Waals surface area (Å²) < 4.78 is 30.4. The first-order chi connectivity index (χ1) is 9.03. The second-order valence-corrected chi connectivity index (χ2v) is 6.18. The van der Waals surface area contributed by atoms with Crippen molar-refractivity contribution >= 4 is 40.0 Å². The number of aromatic nitrogens is 1. The lowest BCUT2D eigenvalue weighted by Gasteiger charge is -2.34. The number of nitrogens with two attached hydrogens (primary N) is 1. The first-order valence-corrected chi connectivity index (χ1v) is 7.48. The number of hydrogen-bond acceptors (Lipinski definition) is 5. The van der Waals surface area contributed by atoms with Crippen molar-refractivity contribution in [2.45, 2.75) is 5.75 Å². The van der Waals surface area contributed by atoms with Crippen molar-refractivity contribution in [3.8, 4) is 0 Å². The lowest BCUT2D eigenvalue weighted by atomic mass is 10.4. The zero-order chi connectivity index (χ0) is 13.9. The third-order valence-corrected chi connectivity index (χ3v) is 4.82. The molecule has 1 fully saturated rings. The van der Waals surface area contributed by atoms with Crippen molar-refractivity contribution in [1.82, 2.24) is 14.4 Å². The molecule has 8 nitrogen and oxygen atoms in total. The first-order valence-electron chi connectivity index (χ1n) is 5.87. The molecule has 1 aromatic heterocycles. The van der Waals surface area contributed by atoms with E-state index in [0.717, 1.165) is 0 Å². The van der Waals surface area contributed by atoms with Crippen molar-refractivity contribution in [1.29, 1.82) is 0 Å². The molecule has 1 aliphatic rings. The van der Waals surface area contributed by atoms with Gasteiger partial charge in [-0.3, -0.25) is 4.99 Å². The van der Waals surface area contributed by atoms with Gasteiger partial charge in [0.05, 0.1) is 5.69 Å². The van der Waals surface area contributed by atoms with Crippen molar-refractivity contribution < 1.29 is 12.9 Å². The van der Waals surface area contributed by atoms with Gasteiger partial charge in [0.1, 0.15) is 12.0 Å². The normalized spacial score (nSPS) is 17.9. The molecule has 1 saturated heterocycles. The molecule has 0 spiro atoms. The number of rotatable bonds is 3. The molecule has 1 aromatic rings. The zero-order valence-corrected chi connectivity index (χ0v) is 14.2. The second kappa shape index (κ2) is 7.22. The van der Waals surface area contributed by atoms with Gasteiger partial charge in [-0.2, -0.15) is 4.31 Å². The molecule has 1 aliphatic heterocycles. The third kappa shape index (κ3) is 4.06. The van der Waals surface area contributed by atoms with E-state index in [4.69, 9.17) is 5.73 Å². The summed E-state index contributed by atoms with van der Waals surface area (Å²) in [6, 6.07) is 1.55. The fourth-order valence-corrected chi connectivity index (χ4v) is 3.35. The minimum absolute atomic E-state index is 0. The van der Waals surface area contributed by atoms with Gasteiger partial charge in [0.2, 0.25) is 10.0 Å². The SMILES string of the molecule is CN=C(N)N1CCN(S(=O)(=O)Cc2ccon2)CC1.I. The molecule has 20 heavy (non-hydrogen) atoms. The van der Waals surface area contributed by atoms with E-state index in [1.54, 1.807) is 13.1 Å². The third-order valence-electron chi connectivity index (χ3n) is 3.01. The van der Waals surface area contributed by atoms with Gasteiger partial charge in [0.25, 0.3) is 0 Å². The summed E-state index contributed by atoms with van der Waals surface area (Å²) in [5.41, 5.74) is 6.11. The Balaban J connectivity index is 0.00000200. The predicted molar refractivity (Wildman–Crippen MR) is 85.2 cm³/mol. The number of piperazine rings is 1. The monoisotopic (exact) mass is 415 g/mol. The number of halogens is 1. The van der Waals surface area contributed by atoms with Crippen LogP contribution in [0, 0.1) is 0 Å². The van der Waals surface area contributed by atoms with E-state index in [-0.39, 0.29) is 29.7 Å². The van der Waals surface area contributed by atoms with Crippen LogP contribution in [0.1, 0.15) is 5.69 Å². The van der Waals surface area contributed by atoms with E-state index in [1.165, 1.54) is 10.6 Å². The highest BCUT2D eigenvalue weighted by Crippen LogP contribution is 2.12. The van der Waals surface area contributed by atoms with Crippen LogP contribution in [0.2, 0.25) is 0 Å². The molecular weight excluding hydrogens is 397 g/mol. The number of aliphatic imine (C=N–C) groups is 1. The molecule has 10 heteroatoms. The minimum atomic E-state index is -3.36. The van der Waals surface area contributed by atoms with Gasteiger partial charge in [-0.25, -0.2) is 8.42 Å². The van der Waals surface area contributed by atoms with Crippen molar-refractivity contribution in [2.75, 3.05) is 33.2 Å². The Bertz CT molecular complexity index is 537. The molecule has 114 valence electrons. The molecule has 0 amide bonds. The van der Waals surface area contributed by atoms with Crippen LogP contribution in [0.15, 0.2) is 21.8 Å². The topological polar surface area (TPSA) is 105 Å². The van der Waals surface area contributed by atoms with Crippen molar-refractivity contribution in [3.63, 3.8) is 0 Å². The van der Waals surface area contributed by atoms with Gasteiger partial charge in [-0.15, -0.1) is 24.0 Å². The zero-order valence-electron chi connectivity index (χ0n) is 11.1. The molecule has 0 bridgehead atoms. The van der Waals surface area contributed by atoms with Crippen LogP contribution in [-0.2, 0) is 15.8 Å². The van der Waals surface area contributed by atoms with Crippen molar-refractivity contribution in [2.24, 2.45) is 10.7 Å². The highest BCUT2D eigenvalue weighted by atomic mass is 127. The molecule has 2 heterocycles. The Kier molecular flexibility index (Phi) is 6.20. The summed E-state index contributed by atoms with van der Waals surface area (Å²) >= 11 is 0. The summed E-state index contributed by atoms with van der Waals surface area (Å²) in [5, 5.41) is 3.62. The van der Waals surface area contributed by atoms with Crippen LogP contribution >= 0.6 is 24.0 Å². The predicted octanol–water partition coefficient (Wildman–Crippen LogP) is -0.315.